The van der Waals surface area contributed by atoms with Crippen molar-refractivity contribution in [2.24, 2.45) is 0 Å². The second kappa shape index (κ2) is 4.00. The molecular weight excluding hydrogens is 192 g/mol. The molecule has 5 heteroatoms. The Morgan fingerprint density at radius 1 is 1.33 bits per heavy atom. The highest BCUT2D eigenvalue weighted by Gasteiger charge is 2.04. The molecule has 78 valence electrons. The van der Waals surface area contributed by atoms with E-state index in [1.807, 2.05) is 24.1 Å². The summed E-state index contributed by atoms with van der Waals surface area (Å²) in [7, 11) is 1.94. The first-order valence-corrected chi connectivity index (χ1v) is 4.57. The van der Waals surface area contributed by atoms with Gasteiger partial charge in [0.1, 0.15) is 5.82 Å². The molecule has 0 aliphatic rings. The van der Waals surface area contributed by atoms with Crippen molar-refractivity contribution in [2.45, 2.75) is 6.54 Å². The summed E-state index contributed by atoms with van der Waals surface area (Å²) in [6.45, 7) is 0.731. The molecule has 2 aromatic heterocycles. The number of rotatable bonds is 3. The van der Waals surface area contributed by atoms with Crippen molar-refractivity contribution in [2.75, 3.05) is 17.7 Å². The smallest absolute Gasteiger partial charge is 0.151 e. The van der Waals surface area contributed by atoms with Gasteiger partial charge in [0.15, 0.2) is 5.82 Å². The van der Waals surface area contributed by atoms with Crippen LogP contribution in [0.25, 0.3) is 0 Å². The van der Waals surface area contributed by atoms with Gasteiger partial charge in [0.2, 0.25) is 0 Å². The summed E-state index contributed by atoms with van der Waals surface area (Å²) in [5, 5.41) is 7.77. The Kier molecular flexibility index (Phi) is 2.53. The Labute approximate surface area is 87.5 Å². The van der Waals surface area contributed by atoms with Crippen molar-refractivity contribution in [3.05, 3.63) is 36.3 Å². The number of nitrogens with zero attached hydrogens (tertiary/aromatic N) is 3. The highest BCUT2D eigenvalue weighted by molar-refractivity contribution is 5.41. The zero-order valence-electron chi connectivity index (χ0n) is 8.42. The number of hydrogen-bond acceptors (Lipinski definition) is 5. The Morgan fingerprint density at radius 2 is 2.20 bits per heavy atom. The van der Waals surface area contributed by atoms with E-state index in [1.54, 1.807) is 18.6 Å². The first-order chi connectivity index (χ1) is 7.25. The van der Waals surface area contributed by atoms with Gasteiger partial charge in [-0.1, -0.05) is 0 Å². The molecule has 0 saturated carbocycles. The molecule has 5 nitrogen and oxygen atoms in total. The van der Waals surface area contributed by atoms with Crippen molar-refractivity contribution in [3.63, 3.8) is 0 Å². The maximum absolute atomic E-state index is 5.46. The van der Waals surface area contributed by atoms with Crippen LogP contribution in [0.2, 0.25) is 0 Å². The summed E-state index contributed by atoms with van der Waals surface area (Å²) < 4.78 is 4.99. The van der Waals surface area contributed by atoms with Gasteiger partial charge in [0.25, 0.3) is 0 Å². The summed E-state index contributed by atoms with van der Waals surface area (Å²) >= 11 is 0. The van der Waals surface area contributed by atoms with Crippen molar-refractivity contribution < 1.29 is 4.42 Å². The standard InChI is InChI=1S/C10H12N4O/c1-14(6-8-4-5-15-7-8)10-3-2-9(11)12-13-10/h2-5,7H,6H2,1H3,(H2,11,12). The average molecular weight is 204 g/mol. The molecule has 0 aliphatic carbocycles. The number of furan rings is 1. The summed E-state index contributed by atoms with van der Waals surface area (Å²) in [6.07, 6.45) is 3.36. The fraction of sp³-hybridized carbons (Fsp3) is 0.200. The SMILES string of the molecule is CN(Cc1ccoc1)c1ccc(N)nn1. The highest BCUT2D eigenvalue weighted by atomic mass is 16.3. The van der Waals surface area contributed by atoms with Crippen molar-refractivity contribution in [1.82, 2.24) is 10.2 Å². The average Bonchev–Trinajstić information content (AvgIpc) is 2.71. The zero-order chi connectivity index (χ0) is 10.7. The molecule has 15 heavy (non-hydrogen) atoms. The predicted octanol–water partition coefficient (Wildman–Crippen LogP) is 1.29. The fourth-order valence-corrected chi connectivity index (χ4v) is 1.28. The van der Waals surface area contributed by atoms with E-state index in [0.717, 1.165) is 17.9 Å². The summed E-state index contributed by atoms with van der Waals surface area (Å²) in [4.78, 5) is 1.97. The maximum atomic E-state index is 5.46. The van der Waals surface area contributed by atoms with Gasteiger partial charge in [0, 0.05) is 19.2 Å². The molecule has 0 saturated heterocycles. The molecule has 2 heterocycles. The number of nitrogens with two attached hydrogens (primary N) is 1. The molecule has 0 aliphatic heterocycles. The summed E-state index contributed by atoms with van der Waals surface area (Å²) in [5.41, 5.74) is 6.55. The Morgan fingerprint density at radius 3 is 2.80 bits per heavy atom. The molecule has 0 bridgehead atoms. The molecule has 0 aromatic carbocycles. The minimum absolute atomic E-state index is 0.426. The van der Waals surface area contributed by atoms with E-state index in [-0.39, 0.29) is 0 Å². The third-order valence-corrected chi connectivity index (χ3v) is 2.06. The first kappa shape index (κ1) is 9.51. The third-order valence-electron chi connectivity index (χ3n) is 2.06. The molecule has 0 spiro atoms. The van der Waals surface area contributed by atoms with E-state index in [0.29, 0.717) is 5.82 Å². The van der Waals surface area contributed by atoms with E-state index < -0.39 is 0 Å². The van der Waals surface area contributed by atoms with Crippen LogP contribution in [-0.2, 0) is 6.54 Å². The topological polar surface area (TPSA) is 68.2 Å². The quantitative estimate of drug-likeness (QED) is 0.815. The van der Waals surface area contributed by atoms with Crippen LogP contribution in [0.15, 0.2) is 35.1 Å². The van der Waals surface area contributed by atoms with Crippen LogP contribution in [0.1, 0.15) is 5.56 Å². The lowest BCUT2D eigenvalue weighted by Gasteiger charge is -2.15. The summed E-state index contributed by atoms with van der Waals surface area (Å²) in [5.74, 6) is 1.21. The lowest BCUT2D eigenvalue weighted by Crippen LogP contribution is -2.17. The van der Waals surface area contributed by atoms with E-state index in [1.165, 1.54) is 0 Å². The van der Waals surface area contributed by atoms with E-state index >= 15 is 0 Å². The van der Waals surface area contributed by atoms with Crippen LogP contribution >= 0.6 is 0 Å². The molecule has 0 amide bonds. The minimum atomic E-state index is 0.426. The second-order valence-corrected chi connectivity index (χ2v) is 3.30. The van der Waals surface area contributed by atoms with Crippen molar-refractivity contribution in [1.29, 1.82) is 0 Å². The Hall–Kier alpha value is -2.04. The minimum Gasteiger partial charge on any atom is -0.472 e. The molecule has 2 aromatic rings. The number of nitrogen functional groups attached to an aromatic ring is 1. The van der Waals surface area contributed by atoms with Crippen LogP contribution in [0.4, 0.5) is 11.6 Å². The van der Waals surface area contributed by atoms with Gasteiger partial charge in [-0.2, -0.15) is 0 Å². The van der Waals surface area contributed by atoms with Gasteiger partial charge in [-0.05, 0) is 18.2 Å². The lowest BCUT2D eigenvalue weighted by molar-refractivity contribution is 0.563. The van der Waals surface area contributed by atoms with Gasteiger partial charge in [-0.3, -0.25) is 0 Å². The van der Waals surface area contributed by atoms with Crippen LogP contribution in [0.3, 0.4) is 0 Å². The van der Waals surface area contributed by atoms with Crippen LogP contribution in [-0.4, -0.2) is 17.2 Å². The first-order valence-electron chi connectivity index (χ1n) is 4.57. The second-order valence-electron chi connectivity index (χ2n) is 3.30. The zero-order valence-corrected chi connectivity index (χ0v) is 8.42. The third kappa shape index (κ3) is 2.25. The largest absolute Gasteiger partial charge is 0.472 e. The van der Waals surface area contributed by atoms with Gasteiger partial charge in [-0.15, -0.1) is 10.2 Å². The lowest BCUT2D eigenvalue weighted by atomic mass is 10.3. The van der Waals surface area contributed by atoms with Crippen molar-refractivity contribution in [3.8, 4) is 0 Å². The number of aromatic nitrogens is 2. The van der Waals surface area contributed by atoms with E-state index in [4.69, 9.17) is 10.2 Å². The molecule has 0 fully saturated rings. The predicted molar refractivity (Wildman–Crippen MR) is 57.3 cm³/mol. The normalized spacial score (nSPS) is 10.2. The van der Waals surface area contributed by atoms with Gasteiger partial charge in [0.05, 0.1) is 12.5 Å². The van der Waals surface area contributed by atoms with Gasteiger partial charge < -0.3 is 15.1 Å². The monoisotopic (exact) mass is 204 g/mol. The van der Waals surface area contributed by atoms with Gasteiger partial charge >= 0.3 is 0 Å². The van der Waals surface area contributed by atoms with Crippen LogP contribution in [0.5, 0.6) is 0 Å². The molecule has 2 N–H and O–H groups in total. The molecular formula is C10H12N4O. The summed E-state index contributed by atoms with van der Waals surface area (Å²) in [6, 6.07) is 5.48. The number of hydrogen-bond donors (Lipinski definition) is 1. The molecule has 0 atom stereocenters. The highest BCUT2D eigenvalue weighted by Crippen LogP contribution is 2.12. The maximum Gasteiger partial charge on any atom is 0.151 e. The molecule has 0 unspecified atom stereocenters. The Bertz CT molecular complexity index is 409. The van der Waals surface area contributed by atoms with Crippen LogP contribution in [0, 0.1) is 0 Å². The van der Waals surface area contributed by atoms with Gasteiger partial charge in [-0.25, -0.2) is 0 Å². The number of anilines is 2. The van der Waals surface area contributed by atoms with E-state index in [2.05, 4.69) is 10.2 Å². The Balaban J connectivity index is 2.08. The molecule has 0 radical (unpaired) electrons. The van der Waals surface area contributed by atoms with E-state index in [9.17, 15) is 0 Å². The molecule has 2 rings (SSSR count). The fourth-order valence-electron chi connectivity index (χ4n) is 1.28. The van der Waals surface area contributed by atoms with Crippen LogP contribution < -0.4 is 10.6 Å². The van der Waals surface area contributed by atoms with Crippen molar-refractivity contribution >= 4 is 11.6 Å².